The second-order valence-electron chi connectivity index (χ2n) is 6.35. The number of carbonyl (C=O) groups excluding carboxylic acids is 1. The fraction of sp³-hybridized carbons (Fsp3) is 0.316. The number of benzene rings is 1. The second-order valence-corrected chi connectivity index (χ2v) is 8.12. The molecule has 0 aliphatic heterocycles. The van der Waals surface area contributed by atoms with E-state index in [1.54, 1.807) is 12.4 Å². The third-order valence-electron chi connectivity index (χ3n) is 4.29. The Morgan fingerprint density at radius 3 is 2.44 bits per heavy atom. The SMILES string of the molecule is N#CCCNS(=O)(=O)c1ccc(C(=O)N(Cc2ccncc2)C2CC2)cc1. The van der Waals surface area contributed by atoms with Crippen LogP contribution in [0.1, 0.15) is 35.2 Å². The summed E-state index contributed by atoms with van der Waals surface area (Å²) in [6, 6.07) is 11.8. The van der Waals surface area contributed by atoms with Gasteiger partial charge in [0.2, 0.25) is 10.0 Å². The van der Waals surface area contributed by atoms with Gasteiger partial charge >= 0.3 is 0 Å². The van der Waals surface area contributed by atoms with Crippen molar-refractivity contribution in [1.82, 2.24) is 14.6 Å². The average Bonchev–Trinajstić information content (AvgIpc) is 3.52. The molecule has 1 saturated carbocycles. The van der Waals surface area contributed by atoms with Gasteiger partial charge in [-0.2, -0.15) is 5.26 Å². The molecule has 0 unspecified atom stereocenters. The van der Waals surface area contributed by atoms with E-state index in [9.17, 15) is 13.2 Å². The summed E-state index contributed by atoms with van der Waals surface area (Å²) < 4.78 is 26.7. The molecule has 1 aromatic carbocycles. The number of amides is 1. The second kappa shape index (κ2) is 8.29. The predicted molar refractivity (Wildman–Crippen MR) is 99.0 cm³/mol. The Labute approximate surface area is 158 Å². The normalized spacial score (nSPS) is 13.7. The van der Waals surface area contributed by atoms with E-state index in [1.165, 1.54) is 24.3 Å². The number of aromatic nitrogens is 1. The van der Waals surface area contributed by atoms with Gasteiger partial charge in [-0.05, 0) is 54.8 Å². The fourth-order valence-electron chi connectivity index (χ4n) is 2.70. The Bertz CT molecular complexity index is 933. The van der Waals surface area contributed by atoms with E-state index in [4.69, 9.17) is 5.26 Å². The van der Waals surface area contributed by atoms with Crippen LogP contribution in [0.4, 0.5) is 0 Å². The summed E-state index contributed by atoms with van der Waals surface area (Å²) in [5, 5.41) is 8.51. The van der Waals surface area contributed by atoms with Gasteiger partial charge in [-0.25, -0.2) is 13.1 Å². The van der Waals surface area contributed by atoms with E-state index in [2.05, 4.69) is 9.71 Å². The number of nitriles is 1. The standard InChI is InChI=1S/C19H20N4O3S/c20-10-1-11-22-27(25,26)18-6-2-16(3-7-18)19(24)23(17-4-5-17)14-15-8-12-21-13-9-15/h2-3,6-9,12-13,17,22H,1,4-5,11,14H2. The van der Waals surface area contributed by atoms with Gasteiger partial charge in [0.1, 0.15) is 0 Å². The molecule has 1 N–H and O–H groups in total. The maximum Gasteiger partial charge on any atom is 0.254 e. The lowest BCUT2D eigenvalue weighted by atomic mass is 10.1. The summed E-state index contributed by atoms with van der Waals surface area (Å²) >= 11 is 0. The highest BCUT2D eigenvalue weighted by molar-refractivity contribution is 7.89. The lowest BCUT2D eigenvalue weighted by Gasteiger charge is -2.22. The molecule has 3 rings (SSSR count). The molecular weight excluding hydrogens is 364 g/mol. The lowest BCUT2D eigenvalue weighted by Crippen LogP contribution is -2.32. The number of hydrogen-bond donors (Lipinski definition) is 1. The molecule has 0 saturated heterocycles. The molecule has 1 aromatic heterocycles. The number of nitrogens with one attached hydrogen (secondary N) is 1. The van der Waals surface area contributed by atoms with Crippen molar-refractivity contribution in [3.63, 3.8) is 0 Å². The maximum atomic E-state index is 12.9. The zero-order valence-electron chi connectivity index (χ0n) is 14.7. The van der Waals surface area contributed by atoms with Gasteiger partial charge in [0.05, 0.1) is 11.0 Å². The van der Waals surface area contributed by atoms with Crippen molar-refractivity contribution in [3.8, 4) is 6.07 Å². The molecule has 1 aliphatic carbocycles. The van der Waals surface area contributed by atoms with E-state index in [-0.39, 0.29) is 29.8 Å². The third kappa shape index (κ3) is 4.90. The number of nitrogens with zero attached hydrogens (tertiary/aromatic N) is 3. The van der Waals surface area contributed by atoms with E-state index < -0.39 is 10.0 Å². The number of sulfonamides is 1. The summed E-state index contributed by atoms with van der Waals surface area (Å²) in [5.74, 6) is -0.115. The van der Waals surface area contributed by atoms with Crippen LogP contribution in [0.2, 0.25) is 0 Å². The Morgan fingerprint density at radius 1 is 1.19 bits per heavy atom. The predicted octanol–water partition coefficient (Wildman–Crippen LogP) is 2.08. The van der Waals surface area contributed by atoms with Crippen LogP contribution in [0.3, 0.4) is 0 Å². The van der Waals surface area contributed by atoms with Crippen molar-refractivity contribution < 1.29 is 13.2 Å². The summed E-state index contributed by atoms with van der Waals surface area (Å²) in [6.45, 7) is 0.558. The summed E-state index contributed by atoms with van der Waals surface area (Å²) in [6.07, 6.45) is 5.45. The van der Waals surface area contributed by atoms with E-state index in [0.717, 1.165) is 18.4 Å². The smallest absolute Gasteiger partial charge is 0.254 e. The Balaban J connectivity index is 1.73. The van der Waals surface area contributed by atoms with E-state index >= 15 is 0 Å². The van der Waals surface area contributed by atoms with Crippen LogP contribution in [0.5, 0.6) is 0 Å². The molecule has 0 spiro atoms. The Kier molecular flexibility index (Phi) is 5.84. The number of pyridine rings is 1. The van der Waals surface area contributed by atoms with Crippen LogP contribution in [0, 0.1) is 11.3 Å². The highest BCUT2D eigenvalue weighted by Gasteiger charge is 2.33. The molecule has 1 heterocycles. The Hall–Kier alpha value is -2.76. The molecule has 8 heteroatoms. The van der Waals surface area contributed by atoms with Gasteiger partial charge in [-0.3, -0.25) is 9.78 Å². The molecule has 7 nitrogen and oxygen atoms in total. The quantitative estimate of drug-likeness (QED) is 0.702. The van der Waals surface area contributed by atoms with Crippen molar-refractivity contribution in [2.45, 2.75) is 36.7 Å². The molecule has 0 atom stereocenters. The monoisotopic (exact) mass is 384 g/mol. The van der Waals surface area contributed by atoms with Gasteiger partial charge in [0.15, 0.2) is 0 Å². The lowest BCUT2D eigenvalue weighted by molar-refractivity contribution is 0.0729. The molecule has 1 fully saturated rings. The molecule has 1 aliphatic rings. The molecular formula is C19H20N4O3S. The molecule has 27 heavy (non-hydrogen) atoms. The van der Waals surface area contributed by atoms with Crippen molar-refractivity contribution >= 4 is 15.9 Å². The maximum absolute atomic E-state index is 12.9. The molecule has 1 amide bonds. The number of rotatable bonds is 8. The first-order valence-electron chi connectivity index (χ1n) is 8.68. The first-order valence-corrected chi connectivity index (χ1v) is 10.2. The van der Waals surface area contributed by atoms with E-state index in [1.807, 2.05) is 23.1 Å². The van der Waals surface area contributed by atoms with Crippen molar-refractivity contribution in [2.24, 2.45) is 0 Å². The minimum absolute atomic E-state index is 0.0565. The van der Waals surface area contributed by atoms with Crippen LogP contribution in [-0.2, 0) is 16.6 Å². The summed E-state index contributed by atoms with van der Waals surface area (Å²) in [4.78, 5) is 18.8. The molecule has 140 valence electrons. The topological polar surface area (TPSA) is 103 Å². The van der Waals surface area contributed by atoms with Gasteiger partial charge in [0.25, 0.3) is 5.91 Å². The zero-order chi connectivity index (χ0) is 19.3. The van der Waals surface area contributed by atoms with Crippen LogP contribution < -0.4 is 4.72 Å². The van der Waals surface area contributed by atoms with Crippen molar-refractivity contribution in [3.05, 3.63) is 59.9 Å². The molecule has 0 bridgehead atoms. The average molecular weight is 384 g/mol. The third-order valence-corrected chi connectivity index (χ3v) is 5.77. The minimum Gasteiger partial charge on any atom is -0.331 e. The largest absolute Gasteiger partial charge is 0.331 e. The van der Waals surface area contributed by atoms with E-state index in [0.29, 0.717) is 12.1 Å². The first-order chi connectivity index (χ1) is 13.0. The zero-order valence-corrected chi connectivity index (χ0v) is 15.5. The van der Waals surface area contributed by atoms with Crippen LogP contribution in [0.15, 0.2) is 53.7 Å². The van der Waals surface area contributed by atoms with Crippen molar-refractivity contribution in [1.29, 1.82) is 5.26 Å². The van der Waals surface area contributed by atoms with Crippen LogP contribution in [-0.4, -0.2) is 36.8 Å². The van der Waals surface area contributed by atoms with Crippen LogP contribution in [0.25, 0.3) is 0 Å². The minimum atomic E-state index is -3.68. The highest BCUT2D eigenvalue weighted by Crippen LogP contribution is 2.30. The molecule has 0 radical (unpaired) electrons. The fourth-order valence-corrected chi connectivity index (χ4v) is 3.74. The van der Waals surface area contributed by atoms with Gasteiger partial charge < -0.3 is 4.90 Å². The van der Waals surface area contributed by atoms with Crippen molar-refractivity contribution in [2.75, 3.05) is 6.54 Å². The van der Waals surface area contributed by atoms with Gasteiger partial charge in [0, 0.05) is 43.5 Å². The highest BCUT2D eigenvalue weighted by atomic mass is 32.2. The molecule has 2 aromatic rings. The van der Waals surface area contributed by atoms with Gasteiger partial charge in [-0.1, -0.05) is 0 Å². The number of hydrogen-bond acceptors (Lipinski definition) is 5. The summed E-state index contributed by atoms with van der Waals surface area (Å²) in [7, 11) is -3.68. The number of carbonyl (C=O) groups is 1. The first kappa shape index (κ1) is 19.0. The summed E-state index contributed by atoms with van der Waals surface area (Å²) in [5.41, 5.74) is 1.46. The Morgan fingerprint density at radius 2 is 1.85 bits per heavy atom. The van der Waals surface area contributed by atoms with Gasteiger partial charge in [-0.15, -0.1) is 0 Å². The van der Waals surface area contributed by atoms with Crippen LogP contribution >= 0.6 is 0 Å².